The number of ether oxygens (including phenoxy) is 2. The monoisotopic (exact) mass is 449 g/mol. The minimum absolute atomic E-state index is 0.0507. The average Bonchev–Trinajstić information content (AvgIpc) is 3.28. The van der Waals surface area contributed by atoms with E-state index in [1.807, 2.05) is 13.8 Å². The van der Waals surface area contributed by atoms with Crippen LogP contribution >= 0.6 is 0 Å². The van der Waals surface area contributed by atoms with Crippen molar-refractivity contribution in [3.63, 3.8) is 0 Å². The van der Waals surface area contributed by atoms with Gasteiger partial charge in [-0.25, -0.2) is 9.67 Å². The van der Waals surface area contributed by atoms with Crippen LogP contribution in [0.1, 0.15) is 19.4 Å². The average molecular weight is 449 g/mol. The number of carbonyl (C=O) groups is 1. The molecular formula is C21H22F3N5O3. The maximum absolute atomic E-state index is 13.2. The van der Waals surface area contributed by atoms with E-state index in [4.69, 9.17) is 9.47 Å². The van der Waals surface area contributed by atoms with Gasteiger partial charge in [0.15, 0.2) is 0 Å². The van der Waals surface area contributed by atoms with E-state index < -0.39 is 17.6 Å². The first-order chi connectivity index (χ1) is 15.3. The van der Waals surface area contributed by atoms with Gasteiger partial charge in [-0.2, -0.15) is 18.3 Å². The third-order valence-corrected chi connectivity index (χ3v) is 4.26. The van der Waals surface area contributed by atoms with Crippen LogP contribution in [-0.2, 0) is 11.0 Å². The smallest absolute Gasteiger partial charge is 0.416 e. The van der Waals surface area contributed by atoms with Crippen molar-refractivity contribution < 1.29 is 27.4 Å². The van der Waals surface area contributed by atoms with Gasteiger partial charge in [0.1, 0.15) is 24.2 Å². The van der Waals surface area contributed by atoms with Crippen LogP contribution in [0.2, 0.25) is 0 Å². The molecule has 0 atom stereocenters. The van der Waals surface area contributed by atoms with Crippen molar-refractivity contribution >= 4 is 17.3 Å². The van der Waals surface area contributed by atoms with E-state index in [1.54, 1.807) is 18.2 Å². The Morgan fingerprint density at radius 3 is 2.50 bits per heavy atom. The molecule has 3 aromatic rings. The van der Waals surface area contributed by atoms with E-state index in [9.17, 15) is 18.0 Å². The highest BCUT2D eigenvalue weighted by Crippen LogP contribution is 2.33. The number of nitrogens with one attached hydrogen (secondary N) is 2. The first kappa shape index (κ1) is 22.9. The van der Waals surface area contributed by atoms with Crippen LogP contribution in [-0.4, -0.2) is 40.4 Å². The minimum atomic E-state index is -4.56. The molecule has 32 heavy (non-hydrogen) atoms. The maximum atomic E-state index is 13.2. The highest BCUT2D eigenvalue weighted by atomic mass is 19.4. The molecule has 2 N–H and O–H groups in total. The van der Waals surface area contributed by atoms with E-state index in [0.29, 0.717) is 30.4 Å². The summed E-state index contributed by atoms with van der Waals surface area (Å²) in [5.41, 5.74) is -0.177. The number of alkyl halides is 3. The van der Waals surface area contributed by atoms with Crippen molar-refractivity contribution in [3.05, 3.63) is 54.6 Å². The number of carbonyl (C=O) groups excluding carboxylic acids is 1. The van der Waals surface area contributed by atoms with E-state index in [1.165, 1.54) is 23.4 Å². The van der Waals surface area contributed by atoms with Crippen molar-refractivity contribution in [2.24, 2.45) is 0 Å². The number of hydrogen-bond donors (Lipinski definition) is 2. The summed E-state index contributed by atoms with van der Waals surface area (Å²) in [6, 6.07) is 8.14. The van der Waals surface area contributed by atoms with Gasteiger partial charge in [0.05, 0.1) is 42.4 Å². The number of amides is 1. The zero-order chi connectivity index (χ0) is 23.1. The van der Waals surface area contributed by atoms with Crippen LogP contribution < -0.4 is 20.1 Å². The second-order valence-corrected chi connectivity index (χ2v) is 6.50. The molecule has 1 heterocycles. The van der Waals surface area contributed by atoms with Gasteiger partial charge in [0, 0.05) is 6.07 Å². The van der Waals surface area contributed by atoms with Gasteiger partial charge in [-0.05, 0) is 44.2 Å². The third-order valence-electron chi connectivity index (χ3n) is 4.26. The third kappa shape index (κ3) is 5.68. The van der Waals surface area contributed by atoms with Crippen molar-refractivity contribution in [1.29, 1.82) is 0 Å². The zero-order valence-corrected chi connectivity index (χ0v) is 17.4. The predicted octanol–water partition coefficient (Wildman–Crippen LogP) is 4.13. The molecule has 0 saturated carbocycles. The second-order valence-electron chi connectivity index (χ2n) is 6.50. The van der Waals surface area contributed by atoms with Crippen molar-refractivity contribution in [3.8, 4) is 17.2 Å². The van der Waals surface area contributed by atoms with Crippen LogP contribution in [0.5, 0.6) is 11.5 Å². The summed E-state index contributed by atoms with van der Waals surface area (Å²) in [6.07, 6.45) is -2.00. The summed E-state index contributed by atoms with van der Waals surface area (Å²) in [5.74, 6) is 0.547. The predicted molar refractivity (Wildman–Crippen MR) is 112 cm³/mol. The Labute approximate surface area is 182 Å². The largest absolute Gasteiger partial charge is 0.494 e. The molecular weight excluding hydrogens is 427 g/mol. The first-order valence-corrected chi connectivity index (χ1v) is 9.81. The Kier molecular flexibility index (Phi) is 7.18. The van der Waals surface area contributed by atoms with Crippen LogP contribution in [0.25, 0.3) is 5.69 Å². The van der Waals surface area contributed by atoms with E-state index in [2.05, 4.69) is 20.7 Å². The molecule has 0 fully saturated rings. The summed E-state index contributed by atoms with van der Waals surface area (Å²) in [7, 11) is 0. The minimum Gasteiger partial charge on any atom is -0.494 e. The quantitative estimate of drug-likeness (QED) is 0.511. The molecule has 0 aliphatic rings. The van der Waals surface area contributed by atoms with Gasteiger partial charge >= 0.3 is 6.18 Å². The molecule has 170 valence electrons. The van der Waals surface area contributed by atoms with E-state index in [0.717, 1.165) is 12.1 Å². The fraction of sp³-hybridized carbons (Fsp3) is 0.286. The first-order valence-electron chi connectivity index (χ1n) is 9.81. The summed E-state index contributed by atoms with van der Waals surface area (Å²) >= 11 is 0. The van der Waals surface area contributed by atoms with Crippen molar-refractivity contribution in [2.45, 2.75) is 20.0 Å². The summed E-state index contributed by atoms with van der Waals surface area (Å²) in [5, 5.41) is 9.38. The molecule has 1 amide bonds. The Morgan fingerprint density at radius 2 is 1.84 bits per heavy atom. The van der Waals surface area contributed by atoms with Crippen molar-refractivity contribution in [2.75, 3.05) is 30.4 Å². The van der Waals surface area contributed by atoms with Gasteiger partial charge in [-0.1, -0.05) is 0 Å². The van der Waals surface area contributed by atoms with Crippen LogP contribution in [0.3, 0.4) is 0 Å². The number of aromatic nitrogens is 3. The Morgan fingerprint density at radius 1 is 1.06 bits per heavy atom. The molecule has 0 unspecified atom stereocenters. The van der Waals surface area contributed by atoms with E-state index >= 15 is 0 Å². The van der Waals surface area contributed by atoms with Gasteiger partial charge in [-0.3, -0.25) is 4.79 Å². The Balaban J connectivity index is 1.79. The number of anilines is 2. The number of rotatable bonds is 9. The fourth-order valence-corrected chi connectivity index (χ4v) is 2.90. The normalized spacial score (nSPS) is 11.2. The molecule has 3 rings (SSSR count). The zero-order valence-electron chi connectivity index (χ0n) is 17.4. The molecule has 8 nitrogen and oxygen atoms in total. The van der Waals surface area contributed by atoms with Gasteiger partial charge < -0.3 is 20.1 Å². The molecule has 1 aromatic heterocycles. The van der Waals surface area contributed by atoms with Crippen molar-refractivity contribution in [1.82, 2.24) is 14.8 Å². The molecule has 0 bridgehead atoms. The highest BCUT2D eigenvalue weighted by Gasteiger charge is 2.31. The lowest BCUT2D eigenvalue weighted by Crippen LogP contribution is -2.23. The number of benzene rings is 2. The van der Waals surface area contributed by atoms with Crippen LogP contribution in [0.4, 0.5) is 24.5 Å². The topological polar surface area (TPSA) is 90.3 Å². The maximum Gasteiger partial charge on any atom is 0.416 e. The van der Waals surface area contributed by atoms with Gasteiger partial charge in [-0.15, -0.1) is 0 Å². The number of nitrogens with zero attached hydrogens (tertiary/aromatic N) is 3. The number of halogens is 3. The van der Waals surface area contributed by atoms with Gasteiger partial charge in [0.2, 0.25) is 5.91 Å². The summed E-state index contributed by atoms with van der Waals surface area (Å²) in [4.78, 5) is 16.4. The lowest BCUT2D eigenvalue weighted by atomic mass is 10.1. The van der Waals surface area contributed by atoms with Crippen LogP contribution in [0, 0.1) is 0 Å². The molecule has 0 aliphatic heterocycles. The molecule has 0 spiro atoms. The fourth-order valence-electron chi connectivity index (χ4n) is 2.90. The summed E-state index contributed by atoms with van der Waals surface area (Å²) < 4.78 is 51.8. The molecule has 11 heteroatoms. The molecule has 0 aliphatic carbocycles. The number of hydrogen-bond acceptors (Lipinski definition) is 6. The molecule has 2 aromatic carbocycles. The lowest BCUT2D eigenvalue weighted by Gasteiger charge is -2.16. The Bertz CT molecular complexity index is 1060. The summed E-state index contributed by atoms with van der Waals surface area (Å²) in [6.45, 7) is 4.34. The van der Waals surface area contributed by atoms with Gasteiger partial charge in [0.25, 0.3) is 0 Å². The lowest BCUT2D eigenvalue weighted by molar-refractivity contribution is -0.137. The second kappa shape index (κ2) is 10.0. The molecule has 0 radical (unpaired) electrons. The van der Waals surface area contributed by atoms with E-state index in [-0.39, 0.29) is 17.9 Å². The van der Waals surface area contributed by atoms with Crippen LogP contribution in [0.15, 0.2) is 49.1 Å². The SMILES string of the molecule is CCOc1ccc(OCC)c(NCC(=O)Nc2cc(C(F)(F)F)ccc2-n2cncn2)c1. The Hall–Kier alpha value is -3.76. The standard InChI is InChI=1S/C21H22F3N5O3/c1-3-31-15-6-8-19(32-4-2)17(10-15)26-11-20(30)28-16-9-14(21(22,23)24)5-7-18(16)29-13-25-12-27-29/h5-10,12-13,26H,3-4,11H2,1-2H3,(H,28,30). The molecule has 0 saturated heterocycles. The highest BCUT2D eigenvalue weighted by molar-refractivity contribution is 5.95.